The van der Waals surface area contributed by atoms with Crippen molar-refractivity contribution in [3.05, 3.63) is 11.8 Å². The number of urea groups is 1. The van der Waals surface area contributed by atoms with Crippen LogP contribution in [-0.4, -0.2) is 28.9 Å². The van der Waals surface area contributed by atoms with E-state index in [9.17, 15) is 4.79 Å². The Balaban J connectivity index is 2.40. The van der Waals surface area contributed by atoms with Crippen LogP contribution in [0.15, 0.2) is 6.20 Å². The second-order valence-electron chi connectivity index (χ2n) is 3.04. The lowest BCUT2D eigenvalue weighted by Crippen LogP contribution is -2.28. The molecular weight excluding hydrogens is 182 g/mol. The number of carbonyl (C=O) groups is 1. The number of rotatable bonds is 1. The number of aryl methyl sites for hydroxylation is 1. The summed E-state index contributed by atoms with van der Waals surface area (Å²) in [4.78, 5) is 12.8. The Bertz CT molecular complexity index is 416. The molecule has 14 heavy (non-hydrogen) atoms. The molecule has 2 rings (SSSR count). The van der Waals surface area contributed by atoms with E-state index in [2.05, 4.69) is 10.4 Å². The third kappa shape index (κ3) is 1.19. The average Bonchev–Trinajstić information content (AvgIpc) is 2.71. The van der Waals surface area contributed by atoms with Gasteiger partial charge in [-0.25, -0.2) is 4.79 Å². The van der Waals surface area contributed by atoms with Gasteiger partial charge < -0.3 is 5.32 Å². The van der Waals surface area contributed by atoms with E-state index in [0.717, 1.165) is 0 Å². The highest BCUT2D eigenvalue weighted by Gasteiger charge is 2.25. The van der Waals surface area contributed by atoms with Crippen molar-refractivity contribution in [3.8, 4) is 6.07 Å². The number of nitrogens with one attached hydrogen (secondary N) is 1. The average molecular weight is 191 g/mol. The van der Waals surface area contributed by atoms with Gasteiger partial charge in [0.2, 0.25) is 0 Å². The molecule has 0 unspecified atom stereocenters. The molecule has 0 spiro atoms. The van der Waals surface area contributed by atoms with Gasteiger partial charge in [0.05, 0.1) is 0 Å². The highest BCUT2D eigenvalue weighted by Crippen LogP contribution is 2.18. The summed E-state index contributed by atoms with van der Waals surface area (Å²) >= 11 is 0. The van der Waals surface area contributed by atoms with Crippen molar-refractivity contribution in [2.75, 3.05) is 18.0 Å². The molecule has 0 saturated carbocycles. The smallest absolute Gasteiger partial charge is 0.323 e. The molecule has 0 atom stereocenters. The Labute approximate surface area is 80.7 Å². The van der Waals surface area contributed by atoms with Crippen molar-refractivity contribution in [1.82, 2.24) is 15.1 Å². The first-order chi connectivity index (χ1) is 6.72. The molecule has 0 bridgehead atoms. The number of aromatic nitrogens is 2. The van der Waals surface area contributed by atoms with E-state index in [0.29, 0.717) is 24.5 Å². The van der Waals surface area contributed by atoms with Gasteiger partial charge in [-0.3, -0.25) is 9.58 Å². The lowest BCUT2D eigenvalue weighted by molar-refractivity contribution is 0.252. The standard InChI is InChI=1S/C8H9N5O/c1-12-5-6(4-9)7(11-12)13-3-2-10-8(13)14/h5H,2-3H2,1H3,(H,10,14). The molecule has 6 heteroatoms. The molecule has 2 heterocycles. The van der Waals surface area contributed by atoms with Crippen LogP contribution in [0.3, 0.4) is 0 Å². The van der Waals surface area contributed by atoms with Crippen LogP contribution in [0.4, 0.5) is 10.6 Å². The second kappa shape index (κ2) is 3.03. The van der Waals surface area contributed by atoms with Crippen molar-refractivity contribution in [2.45, 2.75) is 0 Å². The molecule has 1 aliphatic heterocycles. The Morgan fingerprint density at radius 2 is 2.50 bits per heavy atom. The van der Waals surface area contributed by atoms with Gasteiger partial charge >= 0.3 is 6.03 Å². The molecule has 0 aliphatic carbocycles. The largest absolute Gasteiger partial charge is 0.336 e. The minimum atomic E-state index is -0.194. The van der Waals surface area contributed by atoms with Crippen LogP contribution in [0, 0.1) is 11.3 Å². The first-order valence-corrected chi connectivity index (χ1v) is 4.21. The molecule has 6 nitrogen and oxygen atoms in total. The van der Waals surface area contributed by atoms with Gasteiger partial charge in [0.25, 0.3) is 0 Å². The quantitative estimate of drug-likeness (QED) is 0.669. The van der Waals surface area contributed by atoms with Crippen LogP contribution in [0.5, 0.6) is 0 Å². The Hall–Kier alpha value is -2.03. The molecule has 1 aliphatic rings. The first-order valence-electron chi connectivity index (χ1n) is 4.21. The van der Waals surface area contributed by atoms with E-state index >= 15 is 0 Å². The minimum absolute atomic E-state index is 0.194. The first kappa shape index (κ1) is 8.56. The zero-order valence-corrected chi connectivity index (χ0v) is 7.69. The van der Waals surface area contributed by atoms with Crippen molar-refractivity contribution in [2.24, 2.45) is 7.05 Å². The number of nitriles is 1. The molecule has 1 saturated heterocycles. The Kier molecular flexibility index (Phi) is 1.85. The highest BCUT2D eigenvalue weighted by molar-refractivity contribution is 5.94. The maximum Gasteiger partial charge on any atom is 0.323 e. The van der Waals surface area contributed by atoms with Gasteiger partial charge in [-0.2, -0.15) is 10.4 Å². The summed E-state index contributed by atoms with van der Waals surface area (Å²) in [7, 11) is 1.72. The van der Waals surface area contributed by atoms with E-state index in [1.165, 1.54) is 9.58 Å². The normalized spacial score (nSPS) is 15.4. The van der Waals surface area contributed by atoms with Crippen molar-refractivity contribution < 1.29 is 4.79 Å². The summed E-state index contributed by atoms with van der Waals surface area (Å²) in [5.74, 6) is 0.435. The van der Waals surface area contributed by atoms with Gasteiger partial charge in [-0.1, -0.05) is 0 Å². The molecule has 1 N–H and O–H groups in total. The number of hydrogen-bond donors (Lipinski definition) is 1. The van der Waals surface area contributed by atoms with Gasteiger partial charge in [0.15, 0.2) is 5.82 Å². The van der Waals surface area contributed by atoms with Gasteiger partial charge in [-0.05, 0) is 0 Å². The predicted octanol–water partition coefficient (Wildman–Crippen LogP) is -0.179. The van der Waals surface area contributed by atoms with Gasteiger partial charge in [-0.15, -0.1) is 0 Å². The van der Waals surface area contributed by atoms with Crippen LogP contribution in [0.25, 0.3) is 0 Å². The van der Waals surface area contributed by atoms with Gasteiger partial charge in [0, 0.05) is 26.3 Å². The number of hydrogen-bond acceptors (Lipinski definition) is 3. The molecule has 1 aromatic rings. The fourth-order valence-electron chi connectivity index (χ4n) is 1.43. The summed E-state index contributed by atoms with van der Waals surface area (Å²) in [5, 5.41) is 15.5. The highest BCUT2D eigenvalue weighted by atomic mass is 16.2. The molecule has 1 aromatic heterocycles. The van der Waals surface area contributed by atoms with Crippen molar-refractivity contribution in [1.29, 1.82) is 5.26 Å². The second-order valence-corrected chi connectivity index (χ2v) is 3.04. The third-order valence-electron chi connectivity index (χ3n) is 2.04. The topological polar surface area (TPSA) is 74.0 Å². The summed E-state index contributed by atoms with van der Waals surface area (Å²) < 4.78 is 1.53. The Morgan fingerprint density at radius 3 is 3.07 bits per heavy atom. The number of carbonyl (C=O) groups excluding carboxylic acids is 1. The van der Waals surface area contributed by atoms with E-state index in [-0.39, 0.29) is 6.03 Å². The molecule has 0 aromatic carbocycles. The fourth-order valence-corrected chi connectivity index (χ4v) is 1.43. The zero-order valence-electron chi connectivity index (χ0n) is 7.69. The van der Waals surface area contributed by atoms with Crippen LogP contribution in [-0.2, 0) is 7.05 Å². The molecule has 2 amide bonds. The molecule has 0 radical (unpaired) electrons. The third-order valence-corrected chi connectivity index (χ3v) is 2.04. The van der Waals surface area contributed by atoms with Crippen LogP contribution < -0.4 is 10.2 Å². The molecule has 72 valence electrons. The lowest BCUT2D eigenvalue weighted by Gasteiger charge is -2.09. The van der Waals surface area contributed by atoms with Crippen molar-refractivity contribution >= 4 is 11.8 Å². The monoisotopic (exact) mass is 191 g/mol. The molecule has 1 fully saturated rings. The number of anilines is 1. The SMILES string of the molecule is Cn1cc(C#N)c(N2CCNC2=O)n1. The maximum absolute atomic E-state index is 11.3. The number of amides is 2. The van der Waals surface area contributed by atoms with Gasteiger partial charge in [0.1, 0.15) is 11.6 Å². The summed E-state index contributed by atoms with van der Waals surface area (Å²) in [6, 6.07) is 1.81. The predicted molar refractivity (Wildman–Crippen MR) is 48.7 cm³/mol. The maximum atomic E-state index is 11.3. The van der Waals surface area contributed by atoms with E-state index in [1.807, 2.05) is 6.07 Å². The zero-order chi connectivity index (χ0) is 10.1. The lowest BCUT2D eigenvalue weighted by atomic mass is 10.3. The van der Waals surface area contributed by atoms with E-state index < -0.39 is 0 Å². The minimum Gasteiger partial charge on any atom is -0.336 e. The summed E-state index contributed by atoms with van der Waals surface area (Å²) in [6.45, 7) is 1.16. The van der Waals surface area contributed by atoms with Crippen molar-refractivity contribution in [3.63, 3.8) is 0 Å². The number of nitrogens with zero attached hydrogens (tertiary/aromatic N) is 4. The fraction of sp³-hybridized carbons (Fsp3) is 0.375. The summed E-state index contributed by atoms with van der Waals surface area (Å²) in [5.41, 5.74) is 0.421. The van der Waals surface area contributed by atoms with Crippen LogP contribution >= 0.6 is 0 Å². The Morgan fingerprint density at radius 1 is 1.71 bits per heavy atom. The van der Waals surface area contributed by atoms with Crippen LogP contribution in [0.1, 0.15) is 5.56 Å². The van der Waals surface area contributed by atoms with Crippen LogP contribution in [0.2, 0.25) is 0 Å². The van der Waals surface area contributed by atoms with E-state index in [1.54, 1.807) is 13.2 Å². The van der Waals surface area contributed by atoms with E-state index in [4.69, 9.17) is 5.26 Å². The molecular formula is C8H9N5O. The summed E-state index contributed by atoms with van der Waals surface area (Å²) in [6.07, 6.45) is 1.60.